The number of nitrogens with zero attached hydrogens (tertiary/aromatic N) is 3. The molecule has 0 spiro atoms. The molecule has 0 aromatic carbocycles. The summed E-state index contributed by atoms with van der Waals surface area (Å²) >= 11 is 1.86. The monoisotopic (exact) mass is 379 g/mol. The van der Waals surface area contributed by atoms with Crippen LogP contribution in [0.2, 0.25) is 0 Å². The van der Waals surface area contributed by atoms with Gasteiger partial charge >= 0.3 is 0 Å². The number of unbranched alkanes of at least 4 members (excludes halogenated alkanes) is 1. The first-order chi connectivity index (χ1) is 12.8. The van der Waals surface area contributed by atoms with Crippen LogP contribution in [0.1, 0.15) is 50.4 Å². The number of likely N-dealkylation sites (tertiary alicyclic amines) is 1. The topological polar surface area (TPSA) is 42.9 Å². The van der Waals surface area contributed by atoms with Crippen molar-refractivity contribution in [1.82, 2.24) is 20.4 Å². The van der Waals surface area contributed by atoms with Crippen LogP contribution < -0.4 is 10.6 Å². The van der Waals surface area contributed by atoms with Crippen molar-refractivity contribution in [2.45, 2.75) is 45.6 Å². The van der Waals surface area contributed by atoms with Crippen LogP contribution in [0.3, 0.4) is 0 Å². The van der Waals surface area contributed by atoms with Crippen molar-refractivity contribution in [1.29, 1.82) is 0 Å². The summed E-state index contributed by atoms with van der Waals surface area (Å²) in [6, 6.07) is 4.88. The maximum atomic E-state index is 4.40. The molecule has 1 atom stereocenters. The van der Waals surface area contributed by atoms with Crippen molar-refractivity contribution >= 4 is 17.3 Å². The maximum Gasteiger partial charge on any atom is 0.191 e. The summed E-state index contributed by atoms with van der Waals surface area (Å²) in [5.41, 5.74) is 0. The Morgan fingerprint density at radius 1 is 1.23 bits per heavy atom. The average molecular weight is 380 g/mol. The molecule has 6 heteroatoms. The van der Waals surface area contributed by atoms with Gasteiger partial charge in [-0.25, -0.2) is 0 Å². The fourth-order valence-electron chi connectivity index (χ4n) is 3.56. The van der Waals surface area contributed by atoms with Gasteiger partial charge < -0.3 is 15.5 Å². The Labute approximate surface area is 163 Å². The van der Waals surface area contributed by atoms with E-state index in [1.807, 2.05) is 18.4 Å². The first-order valence-electron chi connectivity index (χ1n) is 10.2. The molecule has 1 fully saturated rings. The molecule has 0 radical (unpaired) electrons. The first kappa shape index (κ1) is 21.2. The zero-order chi connectivity index (χ0) is 18.6. The Morgan fingerprint density at radius 3 is 2.62 bits per heavy atom. The van der Waals surface area contributed by atoms with Crippen molar-refractivity contribution in [2.75, 3.05) is 52.9 Å². The van der Waals surface area contributed by atoms with Gasteiger partial charge in [-0.05, 0) is 69.9 Å². The molecular formula is C20H37N5S. The summed E-state index contributed by atoms with van der Waals surface area (Å²) < 4.78 is 0. The summed E-state index contributed by atoms with van der Waals surface area (Å²) in [6.45, 7) is 12.3. The molecule has 1 aromatic rings. The second-order valence-electron chi connectivity index (χ2n) is 6.89. The second-order valence-corrected chi connectivity index (χ2v) is 7.87. The molecule has 0 saturated carbocycles. The third-order valence-electron chi connectivity index (χ3n) is 5.23. The van der Waals surface area contributed by atoms with Crippen LogP contribution in [0, 0.1) is 0 Å². The fourth-order valence-corrected chi connectivity index (χ4v) is 4.43. The molecule has 2 rings (SSSR count). The molecule has 2 heterocycles. The lowest BCUT2D eigenvalue weighted by Crippen LogP contribution is -2.42. The third-order valence-corrected chi connectivity index (χ3v) is 6.20. The zero-order valence-corrected chi connectivity index (χ0v) is 17.7. The van der Waals surface area contributed by atoms with Gasteiger partial charge in [-0.2, -0.15) is 0 Å². The van der Waals surface area contributed by atoms with Gasteiger partial charge in [0, 0.05) is 25.0 Å². The van der Waals surface area contributed by atoms with Crippen molar-refractivity contribution in [3.8, 4) is 0 Å². The molecule has 148 valence electrons. The average Bonchev–Trinajstić information content (AvgIpc) is 3.37. The van der Waals surface area contributed by atoms with Gasteiger partial charge in [0.2, 0.25) is 0 Å². The molecule has 1 aromatic heterocycles. The van der Waals surface area contributed by atoms with Crippen LogP contribution in [0.15, 0.2) is 22.5 Å². The highest BCUT2D eigenvalue weighted by Crippen LogP contribution is 2.27. The molecule has 1 saturated heterocycles. The van der Waals surface area contributed by atoms with Crippen LogP contribution in [-0.2, 0) is 0 Å². The minimum Gasteiger partial charge on any atom is -0.356 e. The summed E-state index contributed by atoms with van der Waals surface area (Å²) in [4.78, 5) is 10.9. The fraction of sp³-hybridized carbons (Fsp3) is 0.750. The van der Waals surface area contributed by atoms with E-state index in [0.717, 1.165) is 32.1 Å². The number of hydrogen-bond acceptors (Lipinski definition) is 4. The number of hydrogen-bond donors (Lipinski definition) is 2. The lowest BCUT2D eigenvalue weighted by atomic mass is 10.2. The van der Waals surface area contributed by atoms with E-state index in [1.165, 1.54) is 50.2 Å². The Kier molecular flexibility index (Phi) is 10.0. The number of aliphatic imine (C=N–C) groups is 1. The van der Waals surface area contributed by atoms with Gasteiger partial charge in [-0.1, -0.05) is 19.9 Å². The standard InChI is InChI=1S/C20H37N5S/c1-4-24(5-2)13-7-6-12-22-20(21-3)23-17-18(19-11-10-16-26-19)25-14-8-9-15-25/h10-11,16,18H,4-9,12-15,17H2,1-3H3,(H2,21,22,23). The van der Waals surface area contributed by atoms with Crippen molar-refractivity contribution < 1.29 is 0 Å². The van der Waals surface area contributed by atoms with Crippen LogP contribution in [0.4, 0.5) is 0 Å². The summed E-state index contributed by atoms with van der Waals surface area (Å²) in [5, 5.41) is 9.21. The van der Waals surface area contributed by atoms with Gasteiger partial charge in [-0.15, -0.1) is 11.3 Å². The lowest BCUT2D eigenvalue weighted by Gasteiger charge is -2.27. The van der Waals surface area contributed by atoms with E-state index in [4.69, 9.17) is 0 Å². The molecule has 2 N–H and O–H groups in total. The smallest absolute Gasteiger partial charge is 0.191 e. The van der Waals surface area contributed by atoms with E-state index in [0.29, 0.717) is 6.04 Å². The maximum absolute atomic E-state index is 4.40. The SMILES string of the molecule is CCN(CC)CCCCNC(=NC)NCC(c1cccs1)N1CCCC1. The molecule has 0 aliphatic carbocycles. The third kappa shape index (κ3) is 6.89. The first-order valence-corrected chi connectivity index (χ1v) is 11.1. The highest BCUT2D eigenvalue weighted by atomic mass is 32.1. The summed E-state index contributed by atoms with van der Waals surface area (Å²) in [6.07, 6.45) is 5.05. The number of thiophene rings is 1. The minimum absolute atomic E-state index is 0.457. The summed E-state index contributed by atoms with van der Waals surface area (Å²) in [7, 11) is 1.86. The van der Waals surface area contributed by atoms with Gasteiger partial charge in [0.05, 0.1) is 6.04 Å². The van der Waals surface area contributed by atoms with Crippen molar-refractivity contribution in [3.63, 3.8) is 0 Å². The number of guanidine groups is 1. The van der Waals surface area contributed by atoms with E-state index in [9.17, 15) is 0 Å². The number of rotatable bonds is 11. The van der Waals surface area contributed by atoms with Crippen LogP contribution >= 0.6 is 11.3 Å². The minimum atomic E-state index is 0.457. The largest absolute Gasteiger partial charge is 0.356 e. The zero-order valence-electron chi connectivity index (χ0n) is 16.8. The molecule has 26 heavy (non-hydrogen) atoms. The highest BCUT2D eigenvalue weighted by Gasteiger charge is 2.24. The second kappa shape index (κ2) is 12.3. The normalized spacial score (nSPS) is 17.0. The lowest BCUT2D eigenvalue weighted by molar-refractivity contribution is 0.249. The van der Waals surface area contributed by atoms with E-state index in [1.54, 1.807) is 0 Å². The van der Waals surface area contributed by atoms with E-state index in [2.05, 4.69) is 56.8 Å². The molecular weight excluding hydrogens is 342 g/mol. The quantitative estimate of drug-likeness (QED) is 0.352. The van der Waals surface area contributed by atoms with E-state index < -0.39 is 0 Å². The Bertz CT molecular complexity index is 492. The Hall–Kier alpha value is -1.11. The van der Waals surface area contributed by atoms with Crippen LogP contribution in [-0.4, -0.2) is 68.6 Å². The Balaban J connectivity index is 1.72. The van der Waals surface area contributed by atoms with E-state index >= 15 is 0 Å². The molecule has 5 nitrogen and oxygen atoms in total. The number of nitrogens with one attached hydrogen (secondary N) is 2. The van der Waals surface area contributed by atoms with Crippen molar-refractivity contribution in [2.24, 2.45) is 4.99 Å². The predicted molar refractivity (Wildman–Crippen MR) is 114 cm³/mol. The predicted octanol–water partition coefficient (Wildman–Crippen LogP) is 3.17. The van der Waals surface area contributed by atoms with E-state index in [-0.39, 0.29) is 0 Å². The molecule has 0 bridgehead atoms. The van der Waals surface area contributed by atoms with Gasteiger partial charge in [0.25, 0.3) is 0 Å². The molecule has 0 amide bonds. The molecule has 1 aliphatic rings. The van der Waals surface area contributed by atoms with Crippen LogP contribution in [0.25, 0.3) is 0 Å². The Morgan fingerprint density at radius 2 is 2.00 bits per heavy atom. The van der Waals surface area contributed by atoms with Gasteiger partial charge in [0.15, 0.2) is 5.96 Å². The summed E-state index contributed by atoms with van der Waals surface area (Å²) in [5.74, 6) is 0.925. The van der Waals surface area contributed by atoms with Crippen molar-refractivity contribution in [3.05, 3.63) is 22.4 Å². The van der Waals surface area contributed by atoms with Crippen LogP contribution in [0.5, 0.6) is 0 Å². The molecule has 1 aliphatic heterocycles. The van der Waals surface area contributed by atoms with Gasteiger partial charge in [0.1, 0.15) is 0 Å². The van der Waals surface area contributed by atoms with Gasteiger partial charge in [-0.3, -0.25) is 9.89 Å². The molecule has 1 unspecified atom stereocenters. The highest BCUT2D eigenvalue weighted by molar-refractivity contribution is 7.10.